The van der Waals surface area contributed by atoms with Crippen molar-refractivity contribution in [2.45, 2.75) is 25.3 Å². The second-order valence-electron chi connectivity index (χ2n) is 5.64. The Morgan fingerprint density at radius 3 is 2.39 bits per heavy atom. The minimum Gasteiger partial charge on any atom is -0.476 e. The summed E-state index contributed by atoms with van der Waals surface area (Å²) in [5.41, 5.74) is 1.23. The lowest BCUT2D eigenvalue weighted by atomic mass is 9.93. The molecule has 0 aliphatic carbocycles. The van der Waals surface area contributed by atoms with E-state index in [-0.39, 0.29) is 23.3 Å². The minimum atomic E-state index is -1.16. The van der Waals surface area contributed by atoms with Crippen LogP contribution in [0.1, 0.15) is 45.8 Å². The van der Waals surface area contributed by atoms with E-state index in [2.05, 4.69) is 22.1 Å². The molecular weight excluding hydrogens is 294 g/mol. The molecule has 1 aliphatic rings. The Morgan fingerprint density at radius 2 is 1.78 bits per heavy atom. The monoisotopic (exact) mass is 311 g/mol. The van der Waals surface area contributed by atoms with Crippen LogP contribution >= 0.6 is 0 Å². The Morgan fingerprint density at radius 1 is 1.13 bits per heavy atom. The van der Waals surface area contributed by atoms with E-state index in [4.69, 9.17) is 5.11 Å². The third kappa shape index (κ3) is 2.92. The number of carbonyl (C=O) groups excluding carboxylic acids is 1. The van der Waals surface area contributed by atoms with Gasteiger partial charge in [-0.15, -0.1) is 0 Å². The summed E-state index contributed by atoms with van der Waals surface area (Å²) in [5, 5.41) is 8.83. The largest absolute Gasteiger partial charge is 0.476 e. The fraction of sp³-hybridized carbons (Fsp3) is 0.294. The molecule has 1 fully saturated rings. The van der Waals surface area contributed by atoms with E-state index in [1.165, 1.54) is 11.8 Å². The summed E-state index contributed by atoms with van der Waals surface area (Å²) in [7, 11) is 0. The Labute approximate surface area is 133 Å². The van der Waals surface area contributed by atoms with Gasteiger partial charge in [-0.05, 0) is 18.9 Å². The minimum absolute atomic E-state index is 0.0610. The first-order chi connectivity index (χ1) is 11.1. The van der Waals surface area contributed by atoms with Crippen molar-refractivity contribution >= 4 is 11.9 Å². The molecule has 1 N–H and O–H groups in total. The molecule has 0 bridgehead atoms. The molecule has 6 nitrogen and oxygen atoms in total. The first kappa shape index (κ1) is 15.1. The van der Waals surface area contributed by atoms with Crippen LogP contribution in [0.5, 0.6) is 0 Å². The third-order valence-corrected chi connectivity index (χ3v) is 4.33. The standard InChI is InChI=1S/C17H17N3O3/c1-11-13(12-5-3-2-4-6-12)7-8-20(11)16(21)14-9-19-15(10-18-14)17(22)23/h2-6,9-11,13H,7-8H2,1H3,(H,22,23). The number of carbonyl (C=O) groups is 2. The van der Waals surface area contributed by atoms with E-state index in [0.717, 1.165) is 12.6 Å². The molecule has 3 rings (SSSR count). The second-order valence-corrected chi connectivity index (χ2v) is 5.64. The van der Waals surface area contributed by atoms with Crippen LogP contribution < -0.4 is 0 Å². The number of carboxylic acids is 1. The Balaban J connectivity index is 1.77. The van der Waals surface area contributed by atoms with Crippen molar-refractivity contribution in [3.8, 4) is 0 Å². The molecule has 0 spiro atoms. The van der Waals surface area contributed by atoms with E-state index < -0.39 is 5.97 Å². The number of hydrogen-bond donors (Lipinski definition) is 1. The van der Waals surface area contributed by atoms with Gasteiger partial charge in [0.1, 0.15) is 5.69 Å². The average molecular weight is 311 g/mol. The summed E-state index contributed by atoms with van der Waals surface area (Å²) in [6.45, 7) is 2.68. The molecular formula is C17H17N3O3. The van der Waals surface area contributed by atoms with Crippen LogP contribution in [-0.2, 0) is 0 Å². The predicted molar refractivity (Wildman–Crippen MR) is 83.3 cm³/mol. The number of amides is 1. The highest BCUT2D eigenvalue weighted by Crippen LogP contribution is 2.33. The van der Waals surface area contributed by atoms with Gasteiger partial charge < -0.3 is 10.0 Å². The average Bonchev–Trinajstić information content (AvgIpc) is 2.96. The predicted octanol–water partition coefficient (Wildman–Crippen LogP) is 2.19. The Kier molecular flexibility index (Phi) is 4.06. The van der Waals surface area contributed by atoms with Crippen LogP contribution in [0.15, 0.2) is 42.7 Å². The van der Waals surface area contributed by atoms with Crippen LogP contribution in [-0.4, -0.2) is 44.4 Å². The van der Waals surface area contributed by atoms with E-state index in [0.29, 0.717) is 12.5 Å². The zero-order valence-electron chi connectivity index (χ0n) is 12.7. The molecule has 1 saturated heterocycles. The van der Waals surface area contributed by atoms with Crippen molar-refractivity contribution in [3.63, 3.8) is 0 Å². The number of benzene rings is 1. The molecule has 1 aliphatic heterocycles. The van der Waals surface area contributed by atoms with Gasteiger partial charge >= 0.3 is 5.97 Å². The number of likely N-dealkylation sites (tertiary alicyclic amines) is 1. The lowest BCUT2D eigenvalue weighted by Crippen LogP contribution is -2.36. The first-order valence-corrected chi connectivity index (χ1v) is 7.49. The van der Waals surface area contributed by atoms with Gasteiger partial charge in [0.05, 0.1) is 12.4 Å². The molecule has 118 valence electrons. The van der Waals surface area contributed by atoms with Crippen LogP contribution in [0.4, 0.5) is 0 Å². The molecule has 2 unspecified atom stereocenters. The van der Waals surface area contributed by atoms with Gasteiger partial charge in [0.25, 0.3) is 5.91 Å². The number of carboxylic acid groups (broad SMARTS) is 1. The molecule has 1 aromatic heterocycles. The van der Waals surface area contributed by atoms with Crippen molar-refractivity contribution in [2.75, 3.05) is 6.54 Å². The summed E-state index contributed by atoms with van der Waals surface area (Å²) in [5.74, 6) is -1.07. The highest BCUT2D eigenvalue weighted by atomic mass is 16.4. The zero-order chi connectivity index (χ0) is 16.4. The molecule has 1 amide bonds. The highest BCUT2D eigenvalue weighted by Gasteiger charge is 2.35. The number of rotatable bonds is 3. The van der Waals surface area contributed by atoms with Crippen LogP contribution in [0.3, 0.4) is 0 Å². The molecule has 0 radical (unpaired) electrons. The van der Waals surface area contributed by atoms with Gasteiger partial charge in [-0.25, -0.2) is 14.8 Å². The van der Waals surface area contributed by atoms with Gasteiger partial charge in [-0.1, -0.05) is 30.3 Å². The number of aromatic nitrogens is 2. The van der Waals surface area contributed by atoms with Gasteiger partial charge in [0.2, 0.25) is 0 Å². The summed E-state index contributed by atoms with van der Waals surface area (Å²) in [6.07, 6.45) is 3.25. The summed E-state index contributed by atoms with van der Waals surface area (Å²) >= 11 is 0. The quantitative estimate of drug-likeness (QED) is 0.939. The normalized spacial score (nSPS) is 20.5. The van der Waals surface area contributed by atoms with E-state index in [1.54, 1.807) is 4.90 Å². The van der Waals surface area contributed by atoms with Crippen LogP contribution in [0, 0.1) is 0 Å². The maximum Gasteiger partial charge on any atom is 0.356 e. The Bertz CT molecular complexity index is 716. The summed E-state index contributed by atoms with van der Waals surface area (Å²) in [4.78, 5) is 32.9. The number of nitrogens with zero attached hydrogens (tertiary/aromatic N) is 3. The molecule has 1 aromatic carbocycles. The lowest BCUT2D eigenvalue weighted by molar-refractivity contribution is 0.0684. The topological polar surface area (TPSA) is 83.4 Å². The second kappa shape index (κ2) is 6.16. The van der Waals surface area contributed by atoms with E-state index in [1.807, 2.05) is 25.1 Å². The third-order valence-electron chi connectivity index (χ3n) is 4.33. The van der Waals surface area contributed by atoms with Crippen molar-refractivity contribution in [2.24, 2.45) is 0 Å². The fourth-order valence-electron chi connectivity index (χ4n) is 3.07. The molecule has 2 atom stereocenters. The highest BCUT2D eigenvalue weighted by molar-refractivity contribution is 5.93. The zero-order valence-corrected chi connectivity index (χ0v) is 12.7. The van der Waals surface area contributed by atoms with Crippen LogP contribution in [0.25, 0.3) is 0 Å². The lowest BCUT2D eigenvalue weighted by Gasteiger charge is -2.24. The Hall–Kier alpha value is -2.76. The molecule has 2 heterocycles. The SMILES string of the molecule is CC1C(c2ccccc2)CCN1C(=O)c1cnc(C(=O)O)cn1. The molecule has 6 heteroatoms. The maximum absolute atomic E-state index is 12.6. The van der Waals surface area contributed by atoms with Gasteiger partial charge in [0.15, 0.2) is 5.69 Å². The number of aromatic carboxylic acids is 1. The van der Waals surface area contributed by atoms with Crippen molar-refractivity contribution in [3.05, 3.63) is 59.7 Å². The van der Waals surface area contributed by atoms with Crippen molar-refractivity contribution < 1.29 is 14.7 Å². The molecule has 23 heavy (non-hydrogen) atoms. The van der Waals surface area contributed by atoms with Crippen molar-refractivity contribution in [1.82, 2.24) is 14.9 Å². The van der Waals surface area contributed by atoms with Crippen LogP contribution in [0.2, 0.25) is 0 Å². The first-order valence-electron chi connectivity index (χ1n) is 7.49. The number of hydrogen-bond acceptors (Lipinski definition) is 4. The van der Waals surface area contributed by atoms with E-state index in [9.17, 15) is 9.59 Å². The maximum atomic E-state index is 12.6. The van der Waals surface area contributed by atoms with Gasteiger partial charge in [0, 0.05) is 18.5 Å². The molecule has 0 saturated carbocycles. The summed E-state index contributed by atoms with van der Waals surface area (Å²) in [6, 6.07) is 10.2. The smallest absolute Gasteiger partial charge is 0.356 e. The molecule has 2 aromatic rings. The summed E-state index contributed by atoms with van der Waals surface area (Å²) < 4.78 is 0. The fourth-order valence-corrected chi connectivity index (χ4v) is 3.07. The van der Waals surface area contributed by atoms with E-state index >= 15 is 0 Å². The van der Waals surface area contributed by atoms with Gasteiger partial charge in [-0.3, -0.25) is 4.79 Å². The van der Waals surface area contributed by atoms with Crippen molar-refractivity contribution in [1.29, 1.82) is 0 Å². The van der Waals surface area contributed by atoms with Gasteiger partial charge in [-0.2, -0.15) is 0 Å².